The molecule has 119 heavy (non-hydrogen) atoms. The third-order valence-electron chi connectivity index (χ3n) is 27.3. The summed E-state index contributed by atoms with van der Waals surface area (Å²) < 4.78 is 33.8. The number of methoxy groups -OCH3 is 2. The molecule has 1 heterocycles. The summed E-state index contributed by atoms with van der Waals surface area (Å²) in [6, 6.07) is 3.66. The molecule has 11 atom stereocenters. The molecule has 0 radical (unpaired) electrons. The van der Waals surface area contributed by atoms with E-state index in [4.69, 9.17) is 30.3 Å². The van der Waals surface area contributed by atoms with Crippen molar-refractivity contribution in [2.45, 2.75) is 430 Å². The highest BCUT2D eigenvalue weighted by atomic mass is 16.6. The number of aromatic hydroxyl groups is 1. The maximum Gasteiger partial charge on any atom is 0.187 e. The summed E-state index contributed by atoms with van der Waals surface area (Å²) in [6.45, 7) is 60.0. The minimum atomic E-state index is -1.03. The van der Waals surface area contributed by atoms with E-state index in [1.54, 1.807) is 20.3 Å². The minimum absolute atomic E-state index is 0.0824. The number of benzene rings is 1. The van der Waals surface area contributed by atoms with Gasteiger partial charge in [-0.2, -0.15) is 0 Å². The third kappa shape index (κ3) is 39.7. The number of rotatable bonds is 62. The van der Waals surface area contributed by atoms with Crippen LogP contribution in [0.2, 0.25) is 0 Å². The number of aliphatic hydroxyl groups is 1. The molecule has 670 valence electrons. The van der Waals surface area contributed by atoms with Crippen molar-refractivity contribution < 1.29 is 38.7 Å². The normalized spacial score (nSPS) is 20.5. The second-order valence-electron chi connectivity index (χ2n) is 39.2. The van der Waals surface area contributed by atoms with E-state index in [9.17, 15) is 10.2 Å². The number of aryl methyl sites for hydroxylation is 1. The van der Waals surface area contributed by atoms with Gasteiger partial charge >= 0.3 is 0 Å². The molecule has 8 nitrogen and oxygen atoms in total. The van der Waals surface area contributed by atoms with Crippen molar-refractivity contribution in [3.63, 3.8) is 0 Å². The molecule has 2 N–H and O–H groups in total. The van der Waals surface area contributed by atoms with Gasteiger partial charge in [-0.05, 0) is 242 Å². The number of ketones is 1. The van der Waals surface area contributed by atoms with Gasteiger partial charge in [-0.3, -0.25) is 4.79 Å². The quantitative estimate of drug-likeness (QED) is 0.0378. The van der Waals surface area contributed by atoms with E-state index in [0.29, 0.717) is 30.4 Å². The van der Waals surface area contributed by atoms with Crippen LogP contribution < -0.4 is 9.47 Å². The van der Waals surface area contributed by atoms with E-state index in [-0.39, 0.29) is 58.6 Å². The second kappa shape index (κ2) is 56.2. The Morgan fingerprint density at radius 1 is 0.546 bits per heavy atom. The van der Waals surface area contributed by atoms with Crippen LogP contribution in [0, 0.1) is 34.5 Å². The molecule has 3 aliphatic rings. The van der Waals surface area contributed by atoms with E-state index in [1.165, 1.54) is 179 Å². The van der Waals surface area contributed by atoms with Crippen LogP contribution in [0.1, 0.15) is 388 Å². The van der Waals surface area contributed by atoms with Crippen LogP contribution in [0.25, 0.3) is 0 Å². The molecule has 0 saturated carbocycles. The molecule has 0 unspecified atom stereocenters. The Labute approximate surface area is 732 Å². The Morgan fingerprint density at radius 3 is 1.47 bits per heavy atom. The largest absolute Gasteiger partial charge is 0.504 e. The summed E-state index contributed by atoms with van der Waals surface area (Å²) in [5.41, 5.74) is 13.6. The third-order valence-corrected chi connectivity index (χ3v) is 27.3. The molecule has 1 saturated heterocycles. The molecule has 1 aromatic rings. The lowest BCUT2D eigenvalue weighted by Gasteiger charge is -2.44. The molecular formula is C111H178O8. The first-order valence-electron chi connectivity index (χ1n) is 47.8. The number of ether oxygens (including phenoxy) is 5. The number of phenols is 1. The molecule has 0 spiro atoms. The van der Waals surface area contributed by atoms with Gasteiger partial charge in [0.1, 0.15) is 11.9 Å². The Bertz CT molecular complexity index is 3590. The van der Waals surface area contributed by atoms with Gasteiger partial charge in [-0.15, -0.1) is 0 Å². The summed E-state index contributed by atoms with van der Waals surface area (Å²) in [5.74, 6) is 2.94. The number of carbonyl (C=O) groups is 1. The molecule has 4 rings (SSSR count). The van der Waals surface area contributed by atoms with Gasteiger partial charge in [-0.25, -0.2) is 0 Å². The van der Waals surface area contributed by atoms with E-state index < -0.39 is 17.3 Å². The predicted molar refractivity (Wildman–Crippen MR) is 515 cm³/mol. The van der Waals surface area contributed by atoms with Gasteiger partial charge in [0.2, 0.25) is 0 Å². The van der Waals surface area contributed by atoms with Crippen LogP contribution in [0.4, 0.5) is 0 Å². The molecule has 0 amide bonds. The highest BCUT2D eigenvalue weighted by Crippen LogP contribution is 2.46. The van der Waals surface area contributed by atoms with E-state index in [0.717, 1.165) is 143 Å². The number of unbranched alkanes of at least 4 members (excludes halogenated alkanes) is 21. The summed E-state index contributed by atoms with van der Waals surface area (Å²) >= 11 is 0. The zero-order valence-corrected chi connectivity index (χ0v) is 80.4. The van der Waals surface area contributed by atoms with Gasteiger partial charge in [0.15, 0.2) is 17.3 Å². The summed E-state index contributed by atoms with van der Waals surface area (Å²) in [4.78, 5) is 15.3. The second-order valence-corrected chi connectivity index (χ2v) is 39.2. The number of phenolic OH excluding ortho intramolecular Hbond substituents is 1. The SMILES string of the molecule is C=C(C)[C@H](C)CCC(=C)[C@H](C)CC[C@](C)(O)[C@@H]1CC[C@H]([C@](C)(CC[C@@H](C)C(=C)CC[C@@H](C)C(=C)C)O[C@@H](CCCCCCCCCCCCCCCCCCCc2cc(OC)cc(OC)c2O)[C@H](CCCCCCCC)O[C@H]2CC(C)(C)C(C=CC(C)=CC=CC(C)=CC=CC=C(C)C=CC=C(C)C=CC3=C(C)CCCC3(C)C)=C(C)C2=O)O1. The molecule has 1 fully saturated rings. The van der Waals surface area contributed by atoms with Gasteiger partial charge in [0.05, 0.1) is 49.8 Å². The molecule has 1 aromatic carbocycles. The van der Waals surface area contributed by atoms with Crippen molar-refractivity contribution in [1.82, 2.24) is 0 Å². The van der Waals surface area contributed by atoms with Crippen molar-refractivity contribution in [3.8, 4) is 17.2 Å². The zero-order chi connectivity index (χ0) is 88.1. The molecule has 8 heteroatoms. The lowest BCUT2D eigenvalue weighted by Crippen LogP contribution is -2.51. The Balaban J connectivity index is 1.55. The number of Topliss-reactive ketones (excluding diaryl/α,β-unsaturated/α-hetero) is 1. The van der Waals surface area contributed by atoms with Crippen LogP contribution in [0.3, 0.4) is 0 Å². The average molecular weight is 1640 g/mol. The fourth-order valence-corrected chi connectivity index (χ4v) is 17.8. The van der Waals surface area contributed by atoms with Crippen molar-refractivity contribution in [1.29, 1.82) is 0 Å². The molecule has 2 aliphatic carbocycles. The van der Waals surface area contributed by atoms with Crippen LogP contribution >= 0.6 is 0 Å². The fraction of sp³-hybridized carbons (Fsp3) is 0.667. The van der Waals surface area contributed by atoms with Gasteiger partial charge in [0.25, 0.3) is 0 Å². The minimum Gasteiger partial charge on any atom is -0.504 e. The topological polar surface area (TPSA) is 104 Å². The van der Waals surface area contributed by atoms with Crippen molar-refractivity contribution in [2.75, 3.05) is 14.2 Å². The number of hydrogen-bond donors (Lipinski definition) is 2. The number of carbonyl (C=O) groups excluding carboxylic acids is 1. The Kier molecular flexibility index (Phi) is 49.8. The average Bonchev–Trinajstić information content (AvgIpc) is 1.70. The zero-order valence-electron chi connectivity index (χ0n) is 80.4. The van der Waals surface area contributed by atoms with E-state index in [1.807, 2.05) is 19.9 Å². The standard InChI is InChI=1S/C111H178O8/c1-26-27-28-29-44-47-62-100(117-103-81-109(20,21)99(95(17)106(103)112)71-65-87(9)59-52-57-85(7)55-50-49-54-84(6)56-51-58-86(8)64-70-98-94(16)60-53-76-108(98,18)19)101(63-48-45-42-40-38-36-34-32-30-31-33-35-37-39-41-43-46-61-96-79-97(115-24)80-102(116-25)107(96)113)119-111(23,78-75-93(15)91(13)69-67-89(11)83(4)5)105-73-72-104(118-105)110(22,114)77-74-92(14)90(12)68-66-88(10)82(2)3/h49-52,54-59,64-65,70-71,79-80,88-89,92-93,100-101,103-105,113-114H,2,4,12-13,26-48,53,60-63,66-69,72-78,81H2,1,3,5-11,14-25H3/t88-,89-,92-,93-,100+,101+,103+,104+,105-,110+,111+/m1/s1. The van der Waals surface area contributed by atoms with Gasteiger partial charge in [0, 0.05) is 11.6 Å². The van der Waals surface area contributed by atoms with Crippen LogP contribution in [0.15, 0.2) is 190 Å². The highest BCUT2D eigenvalue weighted by molar-refractivity contribution is 6.00. The van der Waals surface area contributed by atoms with Gasteiger partial charge in [-0.1, -0.05) is 365 Å². The summed E-state index contributed by atoms with van der Waals surface area (Å²) in [6.07, 6.45) is 72.2. The van der Waals surface area contributed by atoms with E-state index >= 15 is 4.79 Å². The smallest absolute Gasteiger partial charge is 0.187 e. The molecule has 0 aromatic heterocycles. The first kappa shape index (κ1) is 106. The van der Waals surface area contributed by atoms with Gasteiger partial charge < -0.3 is 33.9 Å². The number of allylic oxidation sites excluding steroid dienone is 25. The Hall–Kier alpha value is -5.77. The molecule has 0 bridgehead atoms. The maximum absolute atomic E-state index is 15.3. The maximum atomic E-state index is 15.3. The molecular weight excluding hydrogens is 1460 g/mol. The summed E-state index contributed by atoms with van der Waals surface area (Å²) in [7, 11) is 3.23. The monoisotopic (exact) mass is 1640 g/mol. The first-order chi connectivity index (χ1) is 56.5. The van der Waals surface area contributed by atoms with Crippen molar-refractivity contribution in [3.05, 3.63) is 196 Å². The Morgan fingerprint density at radius 2 is 0.992 bits per heavy atom. The molecule has 1 aliphatic heterocycles. The number of hydrogen-bond acceptors (Lipinski definition) is 8. The van der Waals surface area contributed by atoms with Crippen LogP contribution in [-0.2, 0) is 25.4 Å². The lowest BCUT2D eigenvalue weighted by molar-refractivity contribution is -0.214. The lowest BCUT2D eigenvalue weighted by atomic mass is 9.70. The highest BCUT2D eigenvalue weighted by Gasteiger charge is 2.49. The van der Waals surface area contributed by atoms with Crippen LogP contribution in [0.5, 0.6) is 17.2 Å². The first-order valence-corrected chi connectivity index (χ1v) is 47.8. The van der Waals surface area contributed by atoms with Crippen LogP contribution in [-0.4, -0.2) is 71.9 Å². The fourth-order valence-electron chi connectivity index (χ4n) is 17.8. The van der Waals surface area contributed by atoms with E-state index in [2.05, 4.69) is 223 Å². The summed E-state index contributed by atoms with van der Waals surface area (Å²) in [5, 5.41) is 23.2. The van der Waals surface area contributed by atoms with Crippen molar-refractivity contribution >= 4 is 5.78 Å². The predicted octanol–water partition coefficient (Wildman–Crippen LogP) is 32.3. The van der Waals surface area contributed by atoms with Crippen molar-refractivity contribution in [2.24, 2.45) is 34.5 Å².